The van der Waals surface area contributed by atoms with Crippen molar-refractivity contribution in [3.8, 4) is 5.75 Å². The highest BCUT2D eigenvalue weighted by molar-refractivity contribution is 6.03. The van der Waals surface area contributed by atoms with Crippen molar-refractivity contribution < 1.29 is 4.74 Å². The average Bonchev–Trinajstić information content (AvgIpc) is 3.50. The van der Waals surface area contributed by atoms with E-state index in [1.165, 1.54) is 5.56 Å². The van der Waals surface area contributed by atoms with Crippen molar-refractivity contribution in [1.29, 1.82) is 0 Å². The third-order valence-electron chi connectivity index (χ3n) is 8.87. The largest absolute Gasteiger partial charge is 0.472 e. The van der Waals surface area contributed by atoms with Gasteiger partial charge >= 0.3 is 0 Å². The molecule has 0 bridgehead atoms. The SMILES string of the molecule is C(=C(c1ccccc1)c1ccccc1)=C1c2c(ccc3cc(/C=C/c4ccccc4)ccc23)OC1(c1ccccc1)c1ccccc1. The van der Waals surface area contributed by atoms with Gasteiger partial charge in [0, 0.05) is 22.3 Å². The lowest BCUT2D eigenvalue weighted by atomic mass is 9.77. The van der Waals surface area contributed by atoms with Crippen LogP contribution in [0.25, 0.3) is 34.1 Å². The standard InChI is InChI=1S/C46H32O/c1-6-16-34(17-7-1)26-27-35-28-30-41-38(32-35)29-31-44-45(41)43(33-42(36-18-8-2-9-19-36)37-20-10-3-11-21-37)46(47-44,39-22-12-4-13-23-39)40-24-14-5-15-25-40/h1-32H/b27-26+. The van der Waals surface area contributed by atoms with E-state index in [1.807, 2.05) is 6.07 Å². The van der Waals surface area contributed by atoms with Crippen LogP contribution in [0.4, 0.5) is 0 Å². The third kappa shape index (κ3) is 5.30. The van der Waals surface area contributed by atoms with Gasteiger partial charge in [0.25, 0.3) is 0 Å². The summed E-state index contributed by atoms with van der Waals surface area (Å²) in [5.74, 6) is 0.848. The monoisotopic (exact) mass is 600 g/mol. The molecule has 0 aliphatic carbocycles. The molecule has 222 valence electrons. The summed E-state index contributed by atoms with van der Waals surface area (Å²) in [5, 5.41) is 2.29. The van der Waals surface area contributed by atoms with Crippen molar-refractivity contribution in [2.24, 2.45) is 0 Å². The van der Waals surface area contributed by atoms with Crippen LogP contribution in [-0.4, -0.2) is 0 Å². The molecule has 0 aromatic heterocycles. The number of hydrogen-bond acceptors (Lipinski definition) is 1. The van der Waals surface area contributed by atoms with Crippen molar-refractivity contribution in [2.75, 3.05) is 0 Å². The highest BCUT2D eigenvalue weighted by Gasteiger charge is 2.48. The maximum atomic E-state index is 7.27. The van der Waals surface area contributed by atoms with Gasteiger partial charge in [0.2, 0.25) is 0 Å². The summed E-state index contributed by atoms with van der Waals surface area (Å²) in [6.45, 7) is 0. The number of benzene rings is 7. The Labute approximate surface area is 276 Å². The second kappa shape index (κ2) is 12.3. The van der Waals surface area contributed by atoms with Gasteiger partial charge in [0.15, 0.2) is 5.60 Å². The molecule has 0 spiro atoms. The summed E-state index contributed by atoms with van der Waals surface area (Å²) >= 11 is 0. The summed E-state index contributed by atoms with van der Waals surface area (Å²) in [4.78, 5) is 0. The molecule has 0 saturated heterocycles. The zero-order chi connectivity index (χ0) is 31.5. The minimum atomic E-state index is -0.917. The Morgan fingerprint density at radius 2 is 1.00 bits per heavy atom. The molecule has 0 unspecified atom stereocenters. The predicted octanol–water partition coefficient (Wildman–Crippen LogP) is 11.5. The molecule has 7 aromatic carbocycles. The Bertz CT molecular complexity index is 2180. The van der Waals surface area contributed by atoms with E-state index in [0.717, 1.165) is 61.0 Å². The first-order chi connectivity index (χ1) is 23.3. The summed E-state index contributed by atoms with van der Waals surface area (Å²) in [6.07, 6.45) is 4.34. The zero-order valence-electron chi connectivity index (χ0n) is 25.9. The summed E-state index contributed by atoms with van der Waals surface area (Å²) in [7, 11) is 0. The molecule has 7 aromatic rings. The van der Waals surface area contributed by atoms with Crippen LogP contribution in [0.15, 0.2) is 188 Å². The quantitative estimate of drug-likeness (QED) is 0.136. The van der Waals surface area contributed by atoms with Gasteiger partial charge in [-0.3, -0.25) is 0 Å². The molecule has 0 amide bonds. The van der Waals surface area contributed by atoms with E-state index in [4.69, 9.17) is 4.74 Å². The first kappa shape index (κ1) is 28.3. The van der Waals surface area contributed by atoms with Gasteiger partial charge in [-0.1, -0.05) is 182 Å². The molecule has 1 aliphatic rings. The van der Waals surface area contributed by atoms with Gasteiger partial charge in [0.1, 0.15) is 5.75 Å². The molecule has 0 radical (unpaired) electrons. The molecule has 8 rings (SSSR count). The van der Waals surface area contributed by atoms with Gasteiger partial charge in [-0.15, -0.1) is 5.73 Å². The summed E-state index contributed by atoms with van der Waals surface area (Å²) < 4.78 is 7.27. The lowest BCUT2D eigenvalue weighted by Gasteiger charge is -2.31. The highest BCUT2D eigenvalue weighted by Crippen LogP contribution is 2.55. The van der Waals surface area contributed by atoms with Gasteiger partial charge in [-0.2, -0.15) is 0 Å². The van der Waals surface area contributed by atoms with Crippen LogP contribution in [0.1, 0.15) is 38.9 Å². The van der Waals surface area contributed by atoms with Crippen LogP contribution in [0.2, 0.25) is 0 Å². The number of fused-ring (bicyclic) bond motifs is 3. The van der Waals surface area contributed by atoms with Crippen molar-refractivity contribution in [2.45, 2.75) is 5.60 Å². The van der Waals surface area contributed by atoms with Crippen LogP contribution >= 0.6 is 0 Å². The molecule has 1 nitrogen and oxygen atoms in total. The van der Waals surface area contributed by atoms with E-state index in [1.54, 1.807) is 0 Å². The molecule has 1 heteroatoms. The minimum absolute atomic E-state index is 0.848. The fraction of sp³-hybridized carbons (Fsp3) is 0.0217. The molecular weight excluding hydrogens is 569 g/mol. The lowest BCUT2D eigenvalue weighted by molar-refractivity contribution is 0.192. The molecular formula is C46H32O. The normalized spacial score (nSPS) is 13.2. The van der Waals surface area contributed by atoms with E-state index in [9.17, 15) is 0 Å². The second-order valence-electron chi connectivity index (χ2n) is 11.8. The third-order valence-corrected chi connectivity index (χ3v) is 8.87. The first-order valence-electron chi connectivity index (χ1n) is 16.0. The van der Waals surface area contributed by atoms with Crippen LogP contribution in [0, 0.1) is 0 Å². The maximum Gasteiger partial charge on any atom is 0.192 e. The van der Waals surface area contributed by atoms with Crippen LogP contribution in [0.3, 0.4) is 0 Å². The van der Waals surface area contributed by atoms with E-state index in [0.29, 0.717) is 0 Å². The summed E-state index contributed by atoms with van der Waals surface area (Å²) in [6, 6.07) is 63.7. The Morgan fingerprint density at radius 1 is 0.489 bits per heavy atom. The van der Waals surface area contributed by atoms with Crippen LogP contribution in [0.5, 0.6) is 5.75 Å². The molecule has 47 heavy (non-hydrogen) atoms. The Morgan fingerprint density at radius 3 is 1.57 bits per heavy atom. The molecule has 0 saturated carbocycles. The van der Waals surface area contributed by atoms with Gasteiger partial charge < -0.3 is 4.74 Å². The molecule has 1 heterocycles. The maximum absolute atomic E-state index is 7.27. The molecule has 1 aliphatic heterocycles. The Hall–Kier alpha value is -6.14. The highest BCUT2D eigenvalue weighted by atomic mass is 16.5. The van der Waals surface area contributed by atoms with E-state index < -0.39 is 5.60 Å². The van der Waals surface area contributed by atoms with Crippen LogP contribution in [-0.2, 0) is 5.60 Å². The topological polar surface area (TPSA) is 9.23 Å². The summed E-state index contributed by atoms with van der Waals surface area (Å²) in [5.41, 5.74) is 12.8. The van der Waals surface area contributed by atoms with E-state index in [-0.39, 0.29) is 0 Å². The smallest absolute Gasteiger partial charge is 0.192 e. The average molecular weight is 601 g/mol. The Kier molecular flexibility index (Phi) is 7.44. The fourth-order valence-electron chi connectivity index (χ4n) is 6.64. The van der Waals surface area contributed by atoms with Crippen molar-refractivity contribution in [3.63, 3.8) is 0 Å². The van der Waals surface area contributed by atoms with Gasteiger partial charge in [-0.25, -0.2) is 0 Å². The predicted molar refractivity (Wildman–Crippen MR) is 196 cm³/mol. The van der Waals surface area contributed by atoms with E-state index in [2.05, 4.69) is 194 Å². The van der Waals surface area contributed by atoms with Crippen molar-refractivity contribution >= 4 is 34.1 Å². The van der Waals surface area contributed by atoms with Gasteiger partial charge in [0.05, 0.1) is 5.57 Å². The molecule has 0 N–H and O–H groups in total. The Balaban J connectivity index is 1.45. The fourth-order valence-corrected chi connectivity index (χ4v) is 6.64. The molecule has 0 fully saturated rings. The van der Waals surface area contributed by atoms with Gasteiger partial charge in [-0.05, 0) is 45.2 Å². The number of hydrogen-bond donors (Lipinski definition) is 0. The van der Waals surface area contributed by atoms with Crippen LogP contribution < -0.4 is 4.74 Å². The van der Waals surface area contributed by atoms with E-state index >= 15 is 0 Å². The van der Waals surface area contributed by atoms with Crippen molar-refractivity contribution in [3.05, 3.63) is 227 Å². The lowest BCUT2D eigenvalue weighted by Crippen LogP contribution is -2.31. The van der Waals surface area contributed by atoms with Crippen molar-refractivity contribution in [1.82, 2.24) is 0 Å². The number of rotatable bonds is 6. The second-order valence-corrected chi connectivity index (χ2v) is 11.8. The minimum Gasteiger partial charge on any atom is -0.472 e. The molecule has 0 atom stereocenters. The number of ether oxygens (including phenoxy) is 1. The zero-order valence-corrected chi connectivity index (χ0v) is 25.9. The first-order valence-corrected chi connectivity index (χ1v) is 16.0.